The van der Waals surface area contributed by atoms with Gasteiger partial charge in [-0.15, -0.1) is 0 Å². The summed E-state index contributed by atoms with van der Waals surface area (Å²) in [4.78, 5) is 24.2. The molecule has 0 aromatic heterocycles. The highest BCUT2D eigenvalue weighted by atomic mass is 16.5. The molecule has 6 heteroatoms. The highest BCUT2D eigenvalue weighted by molar-refractivity contribution is 5.97. The van der Waals surface area contributed by atoms with Crippen LogP contribution >= 0.6 is 0 Å². The molecule has 0 unspecified atom stereocenters. The first kappa shape index (κ1) is 19.3. The molecule has 0 atom stereocenters. The Kier molecular flexibility index (Phi) is 7.49. The molecule has 0 saturated carbocycles. The molecule has 2 rings (SSSR count). The molecule has 2 aromatic rings. The highest BCUT2D eigenvalue weighted by Gasteiger charge is 2.13. The Morgan fingerprint density at radius 3 is 2.35 bits per heavy atom. The van der Waals surface area contributed by atoms with Gasteiger partial charge >= 0.3 is 0 Å². The van der Waals surface area contributed by atoms with Crippen LogP contribution in [0.5, 0.6) is 11.5 Å². The summed E-state index contributed by atoms with van der Waals surface area (Å²) >= 11 is 0. The first-order valence-electron chi connectivity index (χ1n) is 8.61. The number of para-hydroxylation sites is 2. The van der Waals surface area contributed by atoms with Crippen LogP contribution in [0.25, 0.3) is 0 Å². The molecule has 0 fully saturated rings. The van der Waals surface area contributed by atoms with Crippen molar-refractivity contribution in [3.8, 4) is 11.5 Å². The standard InChI is InChI=1S/C20H24N2O4/c1-3-4-13-25-18-12-8-6-10-16(18)20(24)22-21-19(23)14-26-17-11-7-5-9-15(17)2/h5-12H,3-4,13-14H2,1-2H3,(H,21,23)(H,22,24). The van der Waals surface area contributed by atoms with E-state index in [4.69, 9.17) is 9.47 Å². The minimum Gasteiger partial charge on any atom is -0.493 e. The third-order valence-corrected chi connectivity index (χ3v) is 3.65. The maximum atomic E-state index is 12.3. The van der Waals surface area contributed by atoms with Crippen molar-refractivity contribution in [1.82, 2.24) is 10.9 Å². The van der Waals surface area contributed by atoms with Crippen molar-refractivity contribution in [3.63, 3.8) is 0 Å². The molecule has 138 valence electrons. The number of benzene rings is 2. The van der Waals surface area contributed by atoms with Gasteiger partial charge < -0.3 is 9.47 Å². The molecule has 0 bridgehead atoms. The zero-order chi connectivity index (χ0) is 18.8. The molecule has 2 amide bonds. The molecule has 2 aromatic carbocycles. The summed E-state index contributed by atoms with van der Waals surface area (Å²) in [7, 11) is 0. The fourth-order valence-electron chi connectivity index (χ4n) is 2.20. The van der Waals surface area contributed by atoms with Crippen molar-refractivity contribution in [3.05, 3.63) is 59.7 Å². The lowest BCUT2D eigenvalue weighted by Gasteiger charge is -2.12. The lowest BCUT2D eigenvalue weighted by molar-refractivity contribution is -0.123. The van der Waals surface area contributed by atoms with E-state index >= 15 is 0 Å². The van der Waals surface area contributed by atoms with Gasteiger partial charge in [0.25, 0.3) is 11.8 Å². The van der Waals surface area contributed by atoms with Gasteiger partial charge in [-0.3, -0.25) is 20.4 Å². The summed E-state index contributed by atoms with van der Waals surface area (Å²) in [5.74, 6) is 0.222. The zero-order valence-corrected chi connectivity index (χ0v) is 15.1. The molecule has 2 N–H and O–H groups in total. The van der Waals surface area contributed by atoms with Gasteiger partial charge in [-0.2, -0.15) is 0 Å². The quantitative estimate of drug-likeness (QED) is 0.563. The second-order valence-electron chi connectivity index (χ2n) is 5.75. The van der Waals surface area contributed by atoms with Crippen LogP contribution in [0, 0.1) is 6.92 Å². The van der Waals surface area contributed by atoms with Gasteiger partial charge in [-0.25, -0.2) is 0 Å². The Bertz CT molecular complexity index is 746. The fraction of sp³-hybridized carbons (Fsp3) is 0.300. The first-order valence-corrected chi connectivity index (χ1v) is 8.61. The second kappa shape index (κ2) is 10.1. The van der Waals surface area contributed by atoms with E-state index in [1.807, 2.05) is 25.1 Å². The second-order valence-corrected chi connectivity index (χ2v) is 5.75. The van der Waals surface area contributed by atoms with E-state index in [1.165, 1.54) is 0 Å². The fourth-order valence-corrected chi connectivity index (χ4v) is 2.20. The van der Waals surface area contributed by atoms with Gasteiger partial charge in [0, 0.05) is 0 Å². The lowest BCUT2D eigenvalue weighted by Crippen LogP contribution is -2.44. The van der Waals surface area contributed by atoms with Gasteiger partial charge in [0.1, 0.15) is 11.5 Å². The first-order chi connectivity index (χ1) is 12.6. The van der Waals surface area contributed by atoms with Crippen LogP contribution < -0.4 is 20.3 Å². The number of nitrogens with one attached hydrogen (secondary N) is 2. The number of hydrogen-bond donors (Lipinski definition) is 2. The minimum absolute atomic E-state index is 0.195. The number of ether oxygens (including phenoxy) is 2. The molecular weight excluding hydrogens is 332 g/mol. The maximum Gasteiger partial charge on any atom is 0.276 e. The molecule has 0 spiro atoms. The van der Waals surface area contributed by atoms with Crippen LogP contribution in [0.15, 0.2) is 48.5 Å². The third kappa shape index (κ3) is 5.81. The summed E-state index contributed by atoms with van der Waals surface area (Å²) in [6.07, 6.45) is 1.91. The van der Waals surface area contributed by atoms with Gasteiger partial charge in [0.05, 0.1) is 12.2 Å². The summed E-state index contributed by atoms with van der Waals surface area (Å²) in [6.45, 7) is 4.30. The third-order valence-electron chi connectivity index (χ3n) is 3.65. The average molecular weight is 356 g/mol. The number of hydrogen-bond acceptors (Lipinski definition) is 4. The predicted octanol–water partition coefficient (Wildman–Crippen LogP) is 3.01. The summed E-state index contributed by atoms with van der Waals surface area (Å²) in [6, 6.07) is 14.3. The SMILES string of the molecule is CCCCOc1ccccc1C(=O)NNC(=O)COc1ccccc1C. The molecule has 0 radical (unpaired) electrons. The van der Waals surface area contributed by atoms with Crippen LogP contribution in [-0.4, -0.2) is 25.0 Å². The number of hydrazine groups is 1. The van der Waals surface area contributed by atoms with Crippen LogP contribution in [0.4, 0.5) is 0 Å². The predicted molar refractivity (Wildman–Crippen MR) is 99.1 cm³/mol. The van der Waals surface area contributed by atoms with Crippen molar-refractivity contribution < 1.29 is 19.1 Å². The van der Waals surface area contributed by atoms with Crippen molar-refractivity contribution in [2.24, 2.45) is 0 Å². The van der Waals surface area contributed by atoms with E-state index < -0.39 is 11.8 Å². The topological polar surface area (TPSA) is 76.7 Å². The largest absolute Gasteiger partial charge is 0.493 e. The normalized spacial score (nSPS) is 10.1. The zero-order valence-electron chi connectivity index (χ0n) is 15.1. The Morgan fingerprint density at radius 2 is 1.62 bits per heavy atom. The minimum atomic E-state index is -0.453. The molecule has 0 heterocycles. The van der Waals surface area contributed by atoms with Crippen LogP contribution in [-0.2, 0) is 4.79 Å². The smallest absolute Gasteiger partial charge is 0.276 e. The van der Waals surface area contributed by atoms with E-state index in [2.05, 4.69) is 17.8 Å². The van der Waals surface area contributed by atoms with Gasteiger partial charge in [-0.1, -0.05) is 43.7 Å². The number of unbranched alkanes of at least 4 members (excludes halogenated alkanes) is 1. The molecule has 0 aliphatic rings. The monoisotopic (exact) mass is 356 g/mol. The number of aryl methyl sites for hydroxylation is 1. The van der Waals surface area contributed by atoms with E-state index in [1.54, 1.807) is 30.3 Å². The van der Waals surface area contributed by atoms with E-state index in [0.29, 0.717) is 23.7 Å². The Morgan fingerprint density at radius 1 is 0.923 bits per heavy atom. The van der Waals surface area contributed by atoms with E-state index in [0.717, 1.165) is 18.4 Å². The Balaban J connectivity index is 1.84. The molecular formula is C20H24N2O4. The Labute approximate surface area is 153 Å². The van der Waals surface area contributed by atoms with Crippen LogP contribution in [0.2, 0.25) is 0 Å². The molecule has 26 heavy (non-hydrogen) atoms. The van der Waals surface area contributed by atoms with Gasteiger partial charge in [-0.05, 0) is 37.1 Å². The number of rotatable bonds is 8. The molecule has 0 saturated heterocycles. The van der Waals surface area contributed by atoms with Crippen molar-refractivity contribution in [2.75, 3.05) is 13.2 Å². The molecule has 0 aliphatic carbocycles. The van der Waals surface area contributed by atoms with Crippen molar-refractivity contribution in [2.45, 2.75) is 26.7 Å². The summed E-state index contributed by atoms with van der Waals surface area (Å²) < 4.78 is 11.1. The van der Waals surface area contributed by atoms with Crippen molar-refractivity contribution in [1.29, 1.82) is 0 Å². The van der Waals surface area contributed by atoms with Gasteiger partial charge in [0.2, 0.25) is 0 Å². The number of carbonyl (C=O) groups is 2. The van der Waals surface area contributed by atoms with E-state index in [-0.39, 0.29) is 6.61 Å². The van der Waals surface area contributed by atoms with Gasteiger partial charge in [0.15, 0.2) is 6.61 Å². The molecule has 6 nitrogen and oxygen atoms in total. The average Bonchev–Trinajstić information content (AvgIpc) is 2.66. The van der Waals surface area contributed by atoms with Crippen molar-refractivity contribution >= 4 is 11.8 Å². The maximum absolute atomic E-state index is 12.3. The molecule has 0 aliphatic heterocycles. The van der Waals surface area contributed by atoms with Crippen LogP contribution in [0.3, 0.4) is 0 Å². The summed E-state index contributed by atoms with van der Waals surface area (Å²) in [5, 5.41) is 0. The number of carbonyl (C=O) groups excluding carboxylic acids is 2. The Hall–Kier alpha value is -3.02. The summed E-state index contributed by atoms with van der Waals surface area (Å²) in [5.41, 5.74) is 6.03. The van der Waals surface area contributed by atoms with Crippen LogP contribution in [0.1, 0.15) is 35.7 Å². The number of amides is 2. The lowest BCUT2D eigenvalue weighted by atomic mass is 10.2. The highest BCUT2D eigenvalue weighted by Crippen LogP contribution is 2.18. The van der Waals surface area contributed by atoms with E-state index in [9.17, 15) is 9.59 Å².